The first-order chi connectivity index (χ1) is 19.0. The molecule has 7 heteroatoms. The van der Waals surface area contributed by atoms with E-state index in [0.717, 1.165) is 38.2 Å². The Balaban J connectivity index is 1.66. The van der Waals surface area contributed by atoms with Gasteiger partial charge < -0.3 is 10.5 Å². The Kier molecular flexibility index (Phi) is 7.32. The summed E-state index contributed by atoms with van der Waals surface area (Å²) in [6, 6.07) is 20.1. The van der Waals surface area contributed by atoms with E-state index in [4.69, 9.17) is 10.5 Å². The van der Waals surface area contributed by atoms with Crippen LogP contribution < -0.4 is 15.4 Å². The number of carbonyl (C=O) groups is 1. The highest BCUT2D eigenvalue weighted by Crippen LogP contribution is 2.51. The summed E-state index contributed by atoms with van der Waals surface area (Å²) in [5.41, 5.74) is 12.3. The van der Waals surface area contributed by atoms with Crippen molar-refractivity contribution >= 4 is 27.4 Å². The van der Waals surface area contributed by atoms with Gasteiger partial charge in [-0.2, -0.15) is 5.26 Å². The normalized spacial score (nSPS) is 18.5. The largest absolute Gasteiger partial charge is 0.489 e. The molecule has 0 radical (unpaired) electrons. The van der Waals surface area contributed by atoms with Crippen LogP contribution in [0.25, 0.3) is 0 Å². The molecule has 40 heavy (non-hydrogen) atoms. The third kappa shape index (κ3) is 5.16. The first kappa shape index (κ1) is 27.7. The van der Waals surface area contributed by atoms with Gasteiger partial charge in [-0.15, -0.1) is 0 Å². The van der Waals surface area contributed by atoms with Gasteiger partial charge >= 0.3 is 0 Å². The smallest absolute Gasteiger partial charge is 0.162 e. The van der Waals surface area contributed by atoms with Crippen molar-refractivity contribution in [3.05, 3.63) is 116 Å². The lowest BCUT2D eigenvalue weighted by atomic mass is 9.68. The molecule has 5 nitrogen and oxygen atoms in total. The number of nitriles is 1. The Bertz CT molecular complexity index is 1620. The minimum Gasteiger partial charge on any atom is -0.489 e. The molecule has 0 spiro atoms. The predicted molar refractivity (Wildman–Crippen MR) is 158 cm³/mol. The van der Waals surface area contributed by atoms with Crippen molar-refractivity contribution in [3.63, 3.8) is 0 Å². The Morgan fingerprint density at radius 1 is 1.10 bits per heavy atom. The van der Waals surface area contributed by atoms with E-state index in [2.05, 4.69) is 28.1 Å². The molecule has 1 unspecified atom stereocenters. The summed E-state index contributed by atoms with van der Waals surface area (Å²) in [5.74, 6) is -0.107. The predicted octanol–water partition coefficient (Wildman–Crippen LogP) is 7.72. The second kappa shape index (κ2) is 10.6. The standard InChI is InChI=1S/C33H31BrFN3O2/c1-19-12-20(2)26(13-21(19)18-40-25-10-8-22(34)9-11-25)30-27(17-36)32(37)38(24-7-5-6-23(35)14-24)28-15-33(3,4)16-29(39)31(28)30/h5-14,30H,15-16,18,37H2,1-4H3. The number of halogens is 2. The van der Waals surface area contributed by atoms with Gasteiger partial charge in [0.15, 0.2) is 5.78 Å². The number of nitrogens with zero attached hydrogens (tertiary/aromatic N) is 2. The van der Waals surface area contributed by atoms with E-state index in [-0.39, 0.29) is 22.6 Å². The number of hydrogen-bond donors (Lipinski definition) is 1. The maximum Gasteiger partial charge on any atom is 0.162 e. The van der Waals surface area contributed by atoms with Crippen molar-refractivity contribution in [2.75, 3.05) is 4.90 Å². The molecule has 0 bridgehead atoms. The second-order valence-electron chi connectivity index (χ2n) is 11.3. The molecule has 0 amide bonds. The Morgan fingerprint density at radius 3 is 2.50 bits per heavy atom. The highest BCUT2D eigenvalue weighted by Gasteiger charge is 2.45. The van der Waals surface area contributed by atoms with Gasteiger partial charge in [0.1, 0.15) is 24.0 Å². The van der Waals surface area contributed by atoms with Crippen LogP contribution in [0.3, 0.4) is 0 Å². The summed E-state index contributed by atoms with van der Waals surface area (Å²) in [4.78, 5) is 15.6. The lowest BCUT2D eigenvalue weighted by molar-refractivity contribution is -0.118. The zero-order valence-corrected chi connectivity index (χ0v) is 24.6. The van der Waals surface area contributed by atoms with Gasteiger partial charge in [0.25, 0.3) is 0 Å². The summed E-state index contributed by atoms with van der Waals surface area (Å²) in [5, 5.41) is 10.4. The van der Waals surface area contributed by atoms with Crippen molar-refractivity contribution in [3.8, 4) is 11.8 Å². The number of carbonyl (C=O) groups excluding carboxylic acids is 1. The van der Waals surface area contributed by atoms with Crippen molar-refractivity contribution in [2.45, 2.75) is 53.1 Å². The Hall–Kier alpha value is -3.89. The number of nitrogens with two attached hydrogens (primary N) is 1. The third-order valence-electron chi connectivity index (χ3n) is 7.69. The van der Waals surface area contributed by atoms with Gasteiger partial charge in [0.2, 0.25) is 0 Å². The highest BCUT2D eigenvalue weighted by atomic mass is 79.9. The molecule has 2 N–H and O–H groups in total. The molecule has 0 aromatic heterocycles. The monoisotopic (exact) mass is 599 g/mol. The van der Waals surface area contributed by atoms with Crippen molar-refractivity contribution in [1.29, 1.82) is 5.26 Å². The fraction of sp³-hybridized carbons (Fsp3) is 0.273. The average molecular weight is 601 g/mol. The van der Waals surface area contributed by atoms with Crippen molar-refractivity contribution in [1.82, 2.24) is 0 Å². The number of anilines is 1. The zero-order chi connectivity index (χ0) is 28.8. The number of hydrogen-bond acceptors (Lipinski definition) is 5. The Morgan fingerprint density at radius 2 is 1.82 bits per heavy atom. The molecule has 2 aliphatic rings. The molecule has 3 aromatic rings. The van der Waals surface area contributed by atoms with E-state index >= 15 is 0 Å². The number of Topliss-reactive ketones (excluding diaryl/α,β-unsaturated/α-hetero) is 1. The first-order valence-corrected chi connectivity index (χ1v) is 14.0. The number of ether oxygens (including phenoxy) is 1. The van der Waals surface area contributed by atoms with Crippen LogP contribution in [0.4, 0.5) is 10.1 Å². The van der Waals surface area contributed by atoms with Gasteiger partial charge in [0, 0.05) is 22.2 Å². The number of allylic oxidation sites excluding steroid dienone is 3. The lowest BCUT2D eigenvalue weighted by Crippen LogP contribution is -2.42. The second-order valence-corrected chi connectivity index (χ2v) is 12.3. The quantitative estimate of drug-likeness (QED) is 0.324. The first-order valence-electron chi connectivity index (χ1n) is 13.2. The topological polar surface area (TPSA) is 79.4 Å². The molecule has 0 fully saturated rings. The van der Waals surface area contributed by atoms with Crippen LogP contribution >= 0.6 is 15.9 Å². The minimum atomic E-state index is -0.625. The lowest BCUT2D eigenvalue weighted by Gasteiger charge is -2.44. The van der Waals surface area contributed by atoms with E-state index in [1.54, 1.807) is 17.0 Å². The average Bonchev–Trinajstić information content (AvgIpc) is 2.88. The molecule has 0 saturated heterocycles. The molecular weight excluding hydrogens is 569 g/mol. The van der Waals surface area contributed by atoms with E-state index in [0.29, 0.717) is 30.7 Å². The van der Waals surface area contributed by atoms with Crippen LogP contribution in [0.15, 0.2) is 87.8 Å². The maximum atomic E-state index is 14.3. The molecule has 1 heterocycles. The number of benzene rings is 3. The minimum absolute atomic E-state index is 0.0226. The Labute approximate surface area is 242 Å². The fourth-order valence-corrected chi connectivity index (χ4v) is 6.07. The van der Waals surface area contributed by atoms with Crippen LogP contribution in [0.5, 0.6) is 5.75 Å². The van der Waals surface area contributed by atoms with Gasteiger partial charge in [0.05, 0.1) is 23.2 Å². The van der Waals surface area contributed by atoms with Gasteiger partial charge in [-0.3, -0.25) is 9.69 Å². The molecule has 3 aromatic carbocycles. The van der Waals surface area contributed by atoms with Crippen LogP contribution in [0.2, 0.25) is 0 Å². The zero-order valence-electron chi connectivity index (χ0n) is 23.0. The van der Waals surface area contributed by atoms with Crippen LogP contribution in [-0.4, -0.2) is 5.78 Å². The number of rotatable bonds is 5. The summed E-state index contributed by atoms with van der Waals surface area (Å²) in [6.45, 7) is 8.43. The van der Waals surface area contributed by atoms with Crippen molar-refractivity contribution in [2.24, 2.45) is 11.1 Å². The van der Waals surface area contributed by atoms with Gasteiger partial charge in [-0.05, 0) is 90.4 Å². The maximum absolute atomic E-state index is 14.3. The number of aryl methyl sites for hydroxylation is 2. The summed E-state index contributed by atoms with van der Waals surface area (Å²) >= 11 is 3.44. The van der Waals surface area contributed by atoms with Crippen LogP contribution in [0.1, 0.15) is 54.9 Å². The van der Waals surface area contributed by atoms with Crippen LogP contribution in [0, 0.1) is 36.4 Å². The van der Waals surface area contributed by atoms with Crippen LogP contribution in [-0.2, 0) is 11.4 Å². The molecule has 5 rings (SSSR count). The fourth-order valence-electron chi connectivity index (χ4n) is 5.80. The highest BCUT2D eigenvalue weighted by molar-refractivity contribution is 9.10. The van der Waals surface area contributed by atoms with Gasteiger partial charge in [-0.1, -0.05) is 48.0 Å². The molecule has 1 aliphatic carbocycles. The summed E-state index contributed by atoms with van der Waals surface area (Å²) in [7, 11) is 0. The van der Waals surface area contributed by atoms with Gasteiger partial charge in [-0.25, -0.2) is 4.39 Å². The summed E-state index contributed by atoms with van der Waals surface area (Å²) < 4.78 is 21.4. The summed E-state index contributed by atoms with van der Waals surface area (Å²) in [6.07, 6.45) is 0.910. The van der Waals surface area contributed by atoms with E-state index in [1.165, 1.54) is 12.1 Å². The van der Waals surface area contributed by atoms with E-state index in [1.807, 2.05) is 58.0 Å². The van der Waals surface area contributed by atoms with Crippen molar-refractivity contribution < 1.29 is 13.9 Å². The molecule has 0 saturated carbocycles. The van der Waals surface area contributed by atoms with E-state index in [9.17, 15) is 14.4 Å². The number of ketones is 1. The molecule has 1 aliphatic heterocycles. The molecule has 204 valence electrons. The SMILES string of the molecule is Cc1cc(C)c(C2C(C#N)=C(N)N(c3cccc(F)c3)C3=C2C(=O)CC(C)(C)C3)cc1COc1ccc(Br)cc1. The molecular formula is C33H31BrFN3O2. The molecule has 1 atom stereocenters. The third-order valence-corrected chi connectivity index (χ3v) is 8.22. The van der Waals surface area contributed by atoms with E-state index < -0.39 is 11.7 Å².